The second kappa shape index (κ2) is 8.05. The topological polar surface area (TPSA) is 50.9 Å². The Morgan fingerprint density at radius 3 is 2.95 bits per heavy atom. The van der Waals surface area contributed by atoms with Crippen LogP contribution in [0, 0.1) is 0 Å². The number of hydrogen-bond donors (Lipinski definition) is 2. The molecule has 0 fully saturated rings. The average Bonchev–Trinajstić information content (AvgIpc) is 2.46. The van der Waals surface area contributed by atoms with Gasteiger partial charge in [0.15, 0.2) is 0 Å². The molecule has 0 spiro atoms. The number of nitrogen functional groups attached to an aromatic ring is 1. The summed E-state index contributed by atoms with van der Waals surface area (Å²) in [5.41, 5.74) is 8.69. The number of aromatic nitrogens is 1. The maximum absolute atomic E-state index is 5.78. The highest BCUT2D eigenvalue weighted by molar-refractivity contribution is 5.32. The zero-order valence-corrected chi connectivity index (χ0v) is 12.6. The van der Waals surface area contributed by atoms with Crippen LogP contribution in [0.3, 0.4) is 0 Å². The molecule has 1 aliphatic rings. The second-order valence-electron chi connectivity index (χ2n) is 5.76. The molecule has 2 rings (SSSR count). The first kappa shape index (κ1) is 15.0. The summed E-state index contributed by atoms with van der Waals surface area (Å²) in [4.78, 5) is 4.07. The third kappa shape index (κ3) is 4.97. The van der Waals surface area contributed by atoms with E-state index in [2.05, 4.69) is 29.4 Å². The van der Waals surface area contributed by atoms with Gasteiger partial charge in [0, 0.05) is 12.2 Å². The van der Waals surface area contributed by atoms with Gasteiger partial charge in [-0.25, -0.2) is 4.98 Å². The number of nitrogens with zero attached hydrogens (tertiary/aromatic N) is 1. The summed E-state index contributed by atoms with van der Waals surface area (Å²) in [6, 6.07) is 4.59. The third-order valence-corrected chi connectivity index (χ3v) is 3.90. The first-order valence-electron chi connectivity index (χ1n) is 7.89. The molecule has 0 bridgehead atoms. The van der Waals surface area contributed by atoms with Crippen LogP contribution in [-0.4, -0.2) is 17.6 Å². The van der Waals surface area contributed by atoms with E-state index < -0.39 is 0 Å². The molecule has 0 amide bonds. The van der Waals surface area contributed by atoms with E-state index in [0.717, 1.165) is 13.0 Å². The number of pyridine rings is 1. The van der Waals surface area contributed by atoms with Crippen molar-refractivity contribution in [3.63, 3.8) is 0 Å². The quantitative estimate of drug-likeness (QED) is 0.748. The van der Waals surface area contributed by atoms with Crippen LogP contribution in [0.2, 0.25) is 0 Å². The lowest BCUT2D eigenvalue weighted by atomic mass is 9.92. The lowest BCUT2D eigenvalue weighted by molar-refractivity contribution is 0.490. The standard InChI is InChI=1S/C17H27N3/c1-2-9-19-16(11-14-6-4-3-5-7-14)12-15-8-10-20-17(18)13-15/h6,8,10,13,16,19H,2-5,7,9,11-12H2,1H3,(H2,18,20). The number of anilines is 1. The van der Waals surface area contributed by atoms with Crippen molar-refractivity contribution >= 4 is 5.82 Å². The zero-order valence-electron chi connectivity index (χ0n) is 12.6. The first-order chi connectivity index (χ1) is 9.78. The van der Waals surface area contributed by atoms with Crippen molar-refractivity contribution in [2.75, 3.05) is 12.3 Å². The van der Waals surface area contributed by atoms with Crippen molar-refractivity contribution in [1.82, 2.24) is 10.3 Å². The Balaban J connectivity index is 1.97. The van der Waals surface area contributed by atoms with Gasteiger partial charge in [0.2, 0.25) is 0 Å². The Kier molecular flexibility index (Phi) is 6.06. The fourth-order valence-electron chi connectivity index (χ4n) is 2.88. The monoisotopic (exact) mass is 273 g/mol. The van der Waals surface area contributed by atoms with Gasteiger partial charge in [0.05, 0.1) is 0 Å². The maximum Gasteiger partial charge on any atom is 0.123 e. The fraction of sp³-hybridized carbons (Fsp3) is 0.588. The van der Waals surface area contributed by atoms with Gasteiger partial charge >= 0.3 is 0 Å². The Labute approximate surface area is 122 Å². The Bertz CT molecular complexity index is 440. The largest absolute Gasteiger partial charge is 0.384 e. The van der Waals surface area contributed by atoms with Crippen molar-refractivity contribution in [2.45, 2.75) is 57.9 Å². The molecular formula is C17H27N3. The Hall–Kier alpha value is -1.35. The van der Waals surface area contributed by atoms with Crippen LogP contribution in [0.1, 0.15) is 51.0 Å². The van der Waals surface area contributed by atoms with Gasteiger partial charge < -0.3 is 11.1 Å². The van der Waals surface area contributed by atoms with E-state index in [1.807, 2.05) is 6.07 Å². The molecule has 3 N–H and O–H groups in total. The van der Waals surface area contributed by atoms with E-state index in [9.17, 15) is 0 Å². The van der Waals surface area contributed by atoms with Crippen molar-refractivity contribution in [3.8, 4) is 0 Å². The molecule has 0 radical (unpaired) electrons. The van der Waals surface area contributed by atoms with Crippen LogP contribution in [0.5, 0.6) is 0 Å². The summed E-state index contributed by atoms with van der Waals surface area (Å²) >= 11 is 0. The molecule has 0 saturated heterocycles. The molecule has 1 heterocycles. The van der Waals surface area contributed by atoms with Crippen LogP contribution in [0.15, 0.2) is 30.0 Å². The van der Waals surface area contributed by atoms with E-state index in [-0.39, 0.29) is 0 Å². The fourth-order valence-corrected chi connectivity index (χ4v) is 2.88. The summed E-state index contributed by atoms with van der Waals surface area (Å²) in [5.74, 6) is 0.619. The predicted molar refractivity (Wildman–Crippen MR) is 85.6 cm³/mol. The molecule has 1 unspecified atom stereocenters. The van der Waals surface area contributed by atoms with Crippen LogP contribution in [0.25, 0.3) is 0 Å². The molecular weight excluding hydrogens is 246 g/mol. The van der Waals surface area contributed by atoms with Crippen LogP contribution in [0.4, 0.5) is 5.82 Å². The third-order valence-electron chi connectivity index (χ3n) is 3.90. The van der Waals surface area contributed by atoms with Crippen molar-refractivity contribution in [3.05, 3.63) is 35.5 Å². The molecule has 1 aromatic heterocycles. The maximum atomic E-state index is 5.78. The summed E-state index contributed by atoms with van der Waals surface area (Å²) in [7, 11) is 0. The Morgan fingerprint density at radius 2 is 2.25 bits per heavy atom. The van der Waals surface area contributed by atoms with E-state index in [1.54, 1.807) is 11.8 Å². The van der Waals surface area contributed by atoms with Crippen LogP contribution in [-0.2, 0) is 6.42 Å². The van der Waals surface area contributed by atoms with Gasteiger partial charge in [-0.15, -0.1) is 0 Å². The molecule has 20 heavy (non-hydrogen) atoms. The van der Waals surface area contributed by atoms with E-state index >= 15 is 0 Å². The molecule has 1 aromatic rings. The number of nitrogens with one attached hydrogen (secondary N) is 1. The second-order valence-corrected chi connectivity index (χ2v) is 5.76. The highest BCUT2D eigenvalue weighted by atomic mass is 14.9. The highest BCUT2D eigenvalue weighted by Crippen LogP contribution is 2.22. The van der Waals surface area contributed by atoms with Gasteiger partial charge in [-0.05, 0) is 69.2 Å². The van der Waals surface area contributed by atoms with Crippen molar-refractivity contribution in [2.24, 2.45) is 0 Å². The number of rotatable bonds is 7. The average molecular weight is 273 g/mol. The molecule has 1 atom stereocenters. The van der Waals surface area contributed by atoms with Gasteiger partial charge in [-0.3, -0.25) is 0 Å². The lowest BCUT2D eigenvalue weighted by Gasteiger charge is -2.22. The van der Waals surface area contributed by atoms with Crippen molar-refractivity contribution < 1.29 is 0 Å². The van der Waals surface area contributed by atoms with E-state index in [0.29, 0.717) is 11.9 Å². The SMILES string of the molecule is CCCNC(CC1=CCCCC1)Cc1ccnc(N)c1. The molecule has 0 saturated carbocycles. The van der Waals surface area contributed by atoms with Crippen LogP contribution < -0.4 is 11.1 Å². The van der Waals surface area contributed by atoms with Gasteiger partial charge in [-0.1, -0.05) is 18.6 Å². The number of nitrogens with two attached hydrogens (primary N) is 1. The van der Waals surface area contributed by atoms with Gasteiger partial charge in [0.25, 0.3) is 0 Å². The molecule has 110 valence electrons. The normalized spacial score (nSPS) is 16.8. The minimum absolute atomic E-state index is 0.515. The number of hydrogen-bond acceptors (Lipinski definition) is 3. The Morgan fingerprint density at radius 1 is 1.35 bits per heavy atom. The van der Waals surface area contributed by atoms with Gasteiger partial charge in [-0.2, -0.15) is 0 Å². The summed E-state index contributed by atoms with van der Waals surface area (Å²) in [6.07, 6.45) is 12.9. The highest BCUT2D eigenvalue weighted by Gasteiger charge is 2.13. The molecule has 1 aliphatic carbocycles. The van der Waals surface area contributed by atoms with E-state index in [1.165, 1.54) is 44.1 Å². The summed E-state index contributed by atoms with van der Waals surface area (Å²) in [5, 5.41) is 3.68. The summed E-state index contributed by atoms with van der Waals surface area (Å²) in [6.45, 7) is 3.30. The summed E-state index contributed by atoms with van der Waals surface area (Å²) < 4.78 is 0. The van der Waals surface area contributed by atoms with Gasteiger partial charge in [0.1, 0.15) is 5.82 Å². The smallest absolute Gasteiger partial charge is 0.123 e. The first-order valence-corrected chi connectivity index (χ1v) is 7.89. The zero-order chi connectivity index (χ0) is 14.2. The molecule has 0 aromatic carbocycles. The number of allylic oxidation sites excluding steroid dienone is 1. The lowest BCUT2D eigenvalue weighted by Crippen LogP contribution is -2.32. The molecule has 0 aliphatic heterocycles. The van der Waals surface area contributed by atoms with Crippen molar-refractivity contribution in [1.29, 1.82) is 0 Å². The predicted octanol–water partition coefficient (Wildman–Crippen LogP) is 3.47. The van der Waals surface area contributed by atoms with Crippen LogP contribution >= 0.6 is 0 Å². The van der Waals surface area contributed by atoms with E-state index in [4.69, 9.17) is 5.73 Å². The molecule has 3 heteroatoms. The molecule has 3 nitrogen and oxygen atoms in total. The minimum Gasteiger partial charge on any atom is -0.384 e. The minimum atomic E-state index is 0.515.